The van der Waals surface area contributed by atoms with E-state index in [1.165, 1.54) is 0 Å². The molecule has 1 aromatic rings. The average Bonchev–Trinajstić information content (AvgIpc) is 2.65. The summed E-state index contributed by atoms with van der Waals surface area (Å²) in [6.07, 6.45) is 0.424. The van der Waals surface area contributed by atoms with Crippen molar-refractivity contribution in [2.75, 3.05) is 32.8 Å². The number of nitrogens with zero attached hydrogens (tertiary/aromatic N) is 1. The summed E-state index contributed by atoms with van der Waals surface area (Å²) in [5, 5.41) is 0.553. The lowest BCUT2D eigenvalue weighted by atomic mass is 10.2. The first-order valence-corrected chi connectivity index (χ1v) is 7.51. The maximum Gasteiger partial charge on any atom is 0.175 e. The van der Waals surface area contributed by atoms with E-state index in [4.69, 9.17) is 39.5 Å². The molecule has 1 aromatic heterocycles. The number of carbonyl (C=O) groups is 1. The number of rotatable bonds is 4. The first-order chi connectivity index (χ1) is 8.59. The molecule has 2 rings (SSSR count). The highest BCUT2D eigenvalue weighted by atomic mass is 35.5. The molecule has 1 aliphatic heterocycles. The number of hydrogen-bond acceptors (Lipinski definition) is 4. The monoisotopic (exact) mass is 327 g/mol. The summed E-state index contributed by atoms with van der Waals surface area (Å²) in [5.74, 6) is -0.00899. The molecule has 18 heavy (non-hydrogen) atoms. The molecular weight excluding hydrogens is 317 g/mol. The van der Waals surface area contributed by atoms with Crippen molar-refractivity contribution in [3.05, 3.63) is 19.3 Å². The van der Waals surface area contributed by atoms with Crippen LogP contribution in [0.25, 0.3) is 0 Å². The van der Waals surface area contributed by atoms with E-state index in [0.29, 0.717) is 22.2 Å². The summed E-state index contributed by atoms with van der Waals surface area (Å²) in [7, 11) is 0. The SMILES string of the molecule is O=C(CCN1CCOCC1)c1sc(Cl)c(Cl)c1Cl. The van der Waals surface area contributed by atoms with E-state index >= 15 is 0 Å². The summed E-state index contributed by atoms with van der Waals surface area (Å²) in [5.41, 5.74) is 0. The number of ether oxygens (including phenoxy) is 1. The van der Waals surface area contributed by atoms with E-state index in [2.05, 4.69) is 4.90 Å². The van der Waals surface area contributed by atoms with Crippen molar-refractivity contribution in [3.8, 4) is 0 Å². The lowest BCUT2D eigenvalue weighted by Crippen LogP contribution is -2.37. The van der Waals surface area contributed by atoms with Gasteiger partial charge in [-0.3, -0.25) is 9.69 Å². The van der Waals surface area contributed by atoms with E-state index in [1.54, 1.807) is 0 Å². The van der Waals surface area contributed by atoms with E-state index in [1.807, 2.05) is 0 Å². The highest BCUT2D eigenvalue weighted by molar-refractivity contribution is 7.19. The van der Waals surface area contributed by atoms with Crippen LogP contribution in [0.1, 0.15) is 16.1 Å². The van der Waals surface area contributed by atoms with Gasteiger partial charge in [-0.05, 0) is 0 Å². The quantitative estimate of drug-likeness (QED) is 0.791. The second-order valence-corrected chi connectivity index (χ2v) is 6.34. The van der Waals surface area contributed by atoms with E-state index in [9.17, 15) is 4.79 Å². The van der Waals surface area contributed by atoms with Gasteiger partial charge in [0.1, 0.15) is 4.34 Å². The molecule has 1 fully saturated rings. The minimum Gasteiger partial charge on any atom is -0.379 e. The number of Topliss-reactive ketones (excluding diaryl/α,β-unsaturated/α-hetero) is 1. The largest absolute Gasteiger partial charge is 0.379 e. The minimum atomic E-state index is -0.00899. The zero-order chi connectivity index (χ0) is 13.1. The van der Waals surface area contributed by atoms with E-state index in [-0.39, 0.29) is 15.8 Å². The molecule has 2 heterocycles. The van der Waals surface area contributed by atoms with Gasteiger partial charge >= 0.3 is 0 Å². The Morgan fingerprint density at radius 1 is 1.22 bits per heavy atom. The Labute approximate surface area is 125 Å². The third kappa shape index (κ3) is 3.38. The lowest BCUT2D eigenvalue weighted by Gasteiger charge is -2.26. The predicted octanol–water partition coefficient (Wildman–Crippen LogP) is 3.61. The van der Waals surface area contributed by atoms with Crippen molar-refractivity contribution in [3.63, 3.8) is 0 Å². The molecule has 0 radical (unpaired) electrons. The number of ketones is 1. The fraction of sp³-hybridized carbons (Fsp3) is 0.545. The van der Waals surface area contributed by atoms with Gasteiger partial charge in [0, 0.05) is 26.1 Å². The molecule has 0 spiro atoms. The molecule has 0 aliphatic carbocycles. The van der Waals surface area contributed by atoms with Gasteiger partial charge in [0.2, 0.25) is 0 Å². The Morgan fingerprint density at radius 3 is 2.44 bits per heavy atom. The van der Waals surface area contributed by atoms with Crippen molar-refractivity contribution in [1.82, 2.24) is 4.90 Å². The van der Waals surface area contributed by atoms with Gasteiger partial charge in [-0.2, -0.15) is 0 Å². The Bertz CT molecular complexity index is 444. The highest BCUT2D eigenvalue weighted by Gasteiger charge is 2.20. The van der Waals surface area contributed by atoms with Crippen molar-refractivity contribution in [2.45, 2.75) is 6.42 Å². The van der Waals surface area contributed by atoms with Crippen LogP contribution in [-0.2, 0) is 4.74 Å². The fourth-order valence-corrected chi connectivity index (χ4v) is 3.53. The molecular formula is C11H12Cl3NO2S. The maximum atomic E-state index is 12.0. The zero-order valence-electron chi connectivity index (χ0n) is 9.55. The smallest absolute Gasteiger partial charge is 0.175 e. The maximum absolute atomic E-state index is 12.0. The molecule has 0 N–H and O–H groups in total. The van der Waals surface area contributed by atoms with Crippen LogP contribution in [0, 0.1) is 0 Å². The van der Waals surface area contributed by atoms with Crippen molar-refractivity contribution < 1.29 is 9.53 Å². The van der Waals surface area contributed by atoms with E-state index < -0.39 is 0 Å². The molecule has 0 unspecified atom stereocenters. The summed E-state index contributed by atoms with van der Waals surface area (Å²) in [4.78, 5) is 14.7. The Hall–Kier alpha value is 0.160. The number of hydrogen-bond donors (Lipinski definition) is 0. The van der Waals surface area contributed by atoms with Gasteiger partial charge in [-0.15, -0.1) is 11.3 Å². The molecule has 0 bridgehead atoms. The average molecular weight is 329 g/mol. The Morgan fingerprint density at radius 2 is 1.89 bits per heavy atom. The zero-order valence-corrected chi connectivity index (χ0v) is 12.6. The lowest BCUT2D eigenvalue weighted by molar-refractivity contribution is 0.0370. The van der Waals surface area contributed by atoms with Gasteiger partial charge in [0.05, 0.1) is 28.1 Å². The molecule has 0 amide bonds. The van der Waals surface area contributed by atoms with Crippen LogP contribution in [0.15, 0.2) is 0 Å². The van der Waals surface area contributed by atoms with Crippen LogP contribution in [0.2, 0.25) is 14.4 Å². The van der Waals surface area contributed by atoms with Crippen molar-refractivity contribution in [2.24, 2.45) is 0 Å². The Balaban J connectivity index is 1.93. The third-order valence-corrected chi connectivity index (χ3v) is 5.38. The van der Waals surface area contributed by atoms with E-state index in [0.717, 1.165) is 37.6 Å². The molecule has 3 nitrogen and oxygen atoms in total. The van der Waals surface area contributed by atoms with Crippen LogP contribution < -0.4 is 0 Å². The first kappa shape index (κ1) is 14.6. The number of morpholine rings is 1. The second kappa shape index (κ2) is 6.55. The standard InChI is InChI=1S/C11H12Cl3NO2S/c12-8-9(13)11(14)18-10(8)7(16)1-2-15-3-5-17-6-4-15/h1-6H2. The normalized spacial score (nSPS) is 17.1. The van der Waals surface area contributed by atoms with Gasteiger partial charge in [0.25, 0.3) is 0 Å². The van der Waals surface area contributed by atoms with Crippen molar-refractivity contribution >= 4 is 51.9 Å². The second-order valence-electron chi connectivity index (χ2n) is 3.96. The molecule has 0 saturated carbocycles. The van der Waals surface area contributed by atoms with Gasteiger partial charge in [0.15, 0.2) is 5.78 Å². The van der Waals surface area contributed by atoms with Crippen LogP contribution in [-0.4, -0.2) is 43.5 Å². The minimum absolute atomic E-state index is 0.00899. The summed E-state index contributed by atoms with van der Waals surface area (Å²) < 4.78 is 5.62. The molecule has 1 saturated heterocycles. The predicted molar refractivity (Wildman–Crippen MR) is 75.6 cm³/mol. The molecule has 100 valence electrons. The first-order valence-electron chi connectivity index (χ1n) is 5.56. The topological polar surface area (TPSA) is 29.5 Å². The fourth-order valence-electron chi connectivity index (χ4n) is 1.74. The molecule has 0 aromatic carbocycles. The summed E-state index contributed by atoms with van der Waals surface area (Å²) in [6.45, 7) is 3.91. The number of carbonyl (C=O) groups excluding carboxylic acids is 1. The molecule has 0 atom stereocenters. The van der Waals surface area contributed by atoms with Gasteiger partial charge < -0.3 is 4.74 Å². The van der Waals surface area contributed by atoms with Crippen molar-refractivity contribution in [1.29, 1.82) is 0 Å². The number of thiophene rings is 1. The third-order valence-electron chi connectivity index (χ3n) is 2.77. The van der Waals surface area contributed by atoms with Crippen LogP contribution in [0.4, 0.5) is 0 Å². The Kier molecular flexibility index (Phi) is 5.30. The highest BCUT2D eigenvalue weighted by Crippen LogP contribution is 2.40. The van der Waals surface area contributed by atoms with Crippen LogP contribution >= 0.6 is 46.1 Å². The molecule has 1 aliphatic rings. The number of halogens is 3. The van der Waals surface area contributed by atoms with Crippen LogP contribution in [0.3, 0.4) is 0 Å². The summed E-state index contributed by atoms with van der Waals surface area (Å²) in [6, 6.07) is 0. The van der Waals surface area contributed by atoms with Gasteiger partial charge in [-0.1, -0.05) is 34.8 Å². The van der Waals surface area contributed by atoms with Gasteiger partial charge in [-0.25, -0.2) is 0 Å². The van der Waals surface area contributed by atoms with Crippen LogP contribution in [0.5, 0.6) is 0 Å². The molecule has 7 heteroatoms. The summed E-state index contributed by atoms with van der Waals surface area (Å²) >= 11 is 18.8.